The summed E-state index contributed by atoms with van der Waals surface area (Å²) in [6.45, 7) is 0.648. The summed E-state index contributed by atoms with van der Waals surface area (Å²) in [5.74, 6) is -3.56. The molecule has 0 radical (unpaired) electrons. The molecule has 2 aliphatic rings. The summed E-state index contributed by atoms with van der Waals surface area (Å²) in [7, 11) is 0. The quantitative estimate of drug-likeness (QED) is 0.620. The lowest BCUT2D eigenvalue weighted by atomic mass is 9.99. The molecule has 1 saturated heterocycles. The summed E-state index contributed by atoms with van der Waals surface area (Å²) >= 11 is 5.38. The first-order chi connectivity index (χ1) is 6.54. The van der Waals surface area contributed by atoms with Gasteiger partial charge in [0, 0.05) is 25.4 Å². The van der Waals surface area contributed by atoms with Gasteiger partial charge in [-0.25, -0.2) is 8.78 Å². The van der Waals surface area contributed by atoms with Gasteiger partial charge >= 0.3 is 0 Å². The molecule has 0 N–H and O–H groups in total. The number of rotatable bonds is 1. The summed E-state index contributed by atoms with van der Waals surface area (Å²) in [5, 5.41) is 0. The molecule has 2 fully saturated rings. The van der Waals surface area contributed by atoms with Crippen molar-refractivity contribution in [1.82, 2.24) is 4.90 Å². The number of carbonyl (C=O) groups excluding carboxylic acids is 1. The number of alkyl halides is 3. The van der Waals surface area contributed by atoms with Crippen LogP contribution in [0.5, 0.6) is 0 Å². The molecule has 1 saturated carbocycles. The van der Waals surface area contributed by atoms with Gasteiger partial charge in [-0.3, -0.25) is 4.79 Å². The van der Waals surface area contributed by atoms with Crippen LogP contribution in [0.4, 0.5) is 8.78 Å². The molecule has 0 aromatic heterocycles. The van der Waals surface area contributed by atoms with E-state index < -0.39 is 11.8 Å². The first kappa shape index (κ1) is 10.1. The number of carbonyl (C=O) groups is 1. The molecular formula is C9H12ClF2NO. The molecule has 0 bridgehead atoms. The van der Waals surface area contributed by atoms with Crippen LogP contribution in [0.1, 0.15) is 12.8 Å². The van der Waals surface area contributed by atoms with E-state index in [1.54, 1.807) is 0 Å². The minimum absolute atomic E-state index is 0.0165. The van der Waals surface area contributed by atoms with Crippen molar-refractivity contribution in [3.05, 3.63) is 0 Å². The van der Waals surface area contributed by atoms with Crippen LogP contribution in [0.2, 0.25) is 0 Å². The van der Waals surface area contributed by atoms with E-state index >= 15 is 0 Å². The second-order valence-electron chi connectivity index (χ2n) is 4.10. The number of amides is 1. The Hall–Kier alpha value is -0.380. The lowest BCUT2D eigenvalue weighted by Gasteiger charge is -2.19. The standard InChI is InChI=1S/C9H12ClF2NO/c10-3-8(14)13-4-6-1-2-9(11,12)7(6)5-13/h6-7H,1-5H2/t6-,7-/m1/s1. The van der Waals surface area contributed by atoms with Crippen molar-refractivity contribution in [2.24, 2.45) is 11.8 Å². The molecule has 1 aliphatic heterocycles. The van der Waals surface area contributed by atoms with Crippen molar-refractivity contribution in [1.29, 1.82) is 0 Å². The Morgan fingerprint density at radius 2 is 2.21 bits per heavy atom. The maximum Gasteiger partial charge on any atom is 0.252 e. The smallest absolute Gasteiger partial charge is 0.252 e. The lowest BCUT2D eigenvalue weighted by Crippen LogP contribution is -2.33. The summed E-state index contributed by atoms with van der Waals surface area (Å²) in [5.41, 5.74) is 0. The molecular weight excluding hydrogens is 212 g/mol. The van der Waals surface area contributed by atoms with E-state index in [9.17, 15) is 13.6 Å². The molecule has 0 aromatic carbocycles. The number of likely N-dealkylation sites (tertiary alicyclic amines) is 1. The Morgan fingerprint density at radius 1 is 1.50 bits per heavy atom. The van der Waals surface area contributed by atoms with Gasteiger partial charge in [-0.2, -0.15) is 0 Å². The van der Waals surface area contributed by atoms with Crippen molar-refractivity contribution in [2.75, 3.05) is 19.0 Å². The molecule has 14 heavy (non-hydrogen) atoms. The van der Waals surface area contributed by atoms with Crippen LogP contribution in [0.3, 0.4) is 0 Å². The van der Waals surface area contributed by atoms with Crippen molar-refractivity contribution in [2.45, 2.75) is 18.8 Å². The topological polar surface area (TPSA) is 20.3 Å². The number of halogens is 3. The molecule has 2 rings (SSSR count). The van der Waals surface area contributed by atoms with E-state index in [0.717, 1.165) is 0 Å². The van der Waals surface area contributed by atoms with E-state index in [2.05, 4.69) is 0 Å². The Balaban J connectivity index is 2.05. The fourth-order valence-electron chi connectivity index (χ4n) is 2.49. The zero-order chi connectivity index (χ0) is 10.3. The average Bonchev–Trinajstić information content (AvgIpc) is 2.67. The SMILES string of the molecule is O=C(CCl)N1C[C@H]2CCC(F)(F)[C@@H]2C1. The third kappa shape index (κ3) is 1.49. The molecule has 1 aliphatic carbocycles. The van der Waals surface area contributed by atoms with Gasteiger partial charge in [0.2, 0.25) is 5.91 Å². The van der Waals surface area contributed by atoms with Crippen LogP contribution in [0.25, 0.3) is 0 Å². The van der Waals surface area contributed by atoms with Crippen molar-refractivity contribution in [3.63, 3.8) is 0 Å². The highest BCUT2D eigenvalue weighted by molar-refractivity contribution is 6.27. The molecule has 2 nitrogen and oxygen atoms in total. The van der Waals surface area contributed by atoms with Crippen LogP contribution in [-0.4, -0.2) is 35.7 Å². The zero-order valence-electron chi connectivity index (χ0n) is 7.68. The minimum atomic E-state index is -2.58. The highest BCUT2D eigenvalue weighted by atomic mass is 35.5. The highest BCUT2D eigenvalue weighted by Gasteiger charge is 2.54. The Bertz CT molecular complexity index is 259. The first-order valence-electron chi connectivity index (χ1n) is 4.76. The van der Waals surface area contributed by atoms with Crippen LogP contribution >= 0.6 is 11.6 Å². The second kappa shape index (κ2) is 3.33. The van der Waals surface area contributed by atoms with Gasteiger partial charge in [0.15, 0.2) is 0 Å². The number of nitrogens with zero attached hydrogens (tertiary/aromatic N) is 1. The maximum atomic E-state index is 13.3. The Labute approximate surface area is 86.2 Å². The predicted molar refractivity (Wildman–Crippen MR) is 48.5 cm³/mol. The van der Waals surface area contributed by atoms with Crippen LogP contribution in [0.15, 0.2) is 0 Å². The molecule has 0 unspecified atom stereocenters. The molecule has 80 valence electrons. The third-order valence-electron chi connectivity index (χ3n) is 3.30. The van der Waals surface area contributed by atoms with E-state index in [4.69, 9.17) is 11.6 Å². The van der Waals surface area contributed by atoms with Crippen molar-refractivity contribution >= 4 is 17.5 Å². The normalized spacial score (nSPS) is 34.6. The van der Waals surface area contributed by atoms with Crippen LogP contribution in [0, 0.1) is 11.8 Å². The molecule has 5 heteroatoms. The number of hydrogen-bond acceptors (Lipinski definition) is 1. The first-order valence-corrected chi connectivity index (χ1v) is 5.29. The summed E-state index contributed by atoms with van der Waals surface area (Å²) in [4.78, 5) is 12.7. The molecule has 1 heterocycles. The Kier molecular flexibility index (Phi) is 2.41. The van der Waals surface area contributed by atoms with E-state index in [1.165, 1.54) is 4.90 Å². The van der Waals surface area contributed by atoms with Gasteiger partial charge in [0.05, 0.1) is 0 Å². The summed E-state index contributed by atoms with van der Waals surface area (Å²) in [6, 6.07) is 0. The minimum Gasteiger partial charge on any atom is -0.341 e. The maximum absolute atomic E-state index is 13.3. The van der Waals surface area contributed by atoms with Gasteiger partial charge in [0.1, 0.15) is 5.88 Å². The van der Waals surface area contributed by atoms with E-state index in [-0.39, 0.29) is 30.7 Å². The van der Waals surface area contributed by atoms with Crippen LogP contribution in [-0.2, 0) is 4.79 Å². The predicted octanol–water partition coefficient (Wildman–Crippen LogP) is 1.73. The highest BCUT2D eigenvalue weighted by Crippen LogP contribution is 2.48. The van der Waals surface area contributed by atoms with Crippen molar-refractivity contribution < 1.29 is 13.6 Å². The van der Waals surface area contributed by atoms with Gasteiger partial charge in [-0.15, -0.1) is 11.6 Å². The average molecular weight is 224 g/mol. The monoisotopic (exact) mass is 223 g/mol. The third-order valence-corrected chi connectivity index (χ3v) is 3.53. The molecule has 1 amide bonds. The Morgan fingerprint density at radius 3 is 2.79 bits per heavy atom. The van der Waals surface area contributed by atoms with Crippen LogP contribution < -0.4 is 0 Å². The molecule has 2 atom stereocenters. The van der Waals surface area contributed by atoms with Gasteiger partial charge in [-0.1, -0.05) is 0 Å². The molecule has 0 aromatic rings. The van der Waals surface area contributed by atoms with Gasteiger partial charge in [-0.05, 0) is 12.3 Å². The molecule has 0 spiro atoms. The number of fused-ring (bicyclic) bond motifs is 1. The zero-order valence-corrected chi connectivity index (χ0v) is 8.44. The summed E-state index contributed by atoms with van der Waals surface area (Å²) < 4.78 is 26.5. The van der Waals surface area contributed by atoms with Crippen molar-refractivity contribution in [3.8, 4) is 0 Å². The fraction of sp³-hybridized carbons (Fsp3) is 0.889. The fourth-order valence-corrected chi connectivity index (χ4v) is 2.66. The largest absolute Gasteiger partial charge is 0.341 e. The number of hydrogen-bond donors (Lipinski definition) is 0. The van der Waals surface area contributed by atoms with E-state index in [0.29, 0.717) is 13.0 Å². The lowest BCUT2D eigenvalue weighted by molar-refractivity contribution is -0.128. The van der Waals surface area contributed by atoms with Gasteiger partial charge in [0.25, 0.3) is 5.92 Å². The van der Waals surface area contributed by atoms with Gasteiger partial charge < -0.3 is 4.90 Å². The van der Waals surface area contributed by atoms with E-state index in [1.807, 2.05) is 0 Å². The second-order valence-corrected chi connectivity index (χ2v) is 4.37. The summed E-state index contributed by atoms with van der Waals surface area (Å²) in [6.07, 6.45) is 0.509.